The standard InChI is InChI=1S/C17H23ClN2O3S/c1-17(2,3)23-16(22)20-10-8-19(9-11-20)15(21)12-24-14-7-5-4-6-13(14)18/h4-7H,8-12H2,1-3H3. The molecule has 1 aromatic carbocycles. The highest BCUT2D eigenvalue weighted by Gasteiger charge is 2.27. The van der Waals surface area contributed by atoms with E-state index in [0.29, 0.717) is 37.0 Å². The van der Waals surface area contributed by atoms with Crippen LogP contribution >= 0.6 is 23.4 Å². The Labute approximate surface area is 152 Å². The van der Waals surface area contributed by atoms with E-state index < -0.39 is 5.60 Å². The molecule has 24 heavy (non-hydrogen) atoms. The molecule has 0 unspecified atom stereocenters. The number of ether oxygens (including phenoxy) is 1. The molecule has 2 amide bonds. The van der Waals surface area contributed by atoms with E-state index in [-0.39, 0.29) is 12.0 Å². The van der Waals surface area contributed by atoms with E-state index in [2.05, 4.69) is 0 Å². The molecule has 0 aliphatic carbocycles. The molecule has 0 spiro atoms. The van der Waals surface area contributed by atoms with Crippen LogP contribution < -0.4 is 0 Å². The summed E-state index contributed by atoms with van der Waals surface area (Å²) in [4.78, 5) is 28.7. The molecule has 1 aliphatic heterocycles. The van der Waals surface area contributed by atoms with E-state index in [9.17, 15) is 9.59 Å². The average molecular weight is 371 g/mol. The van der Waals surface area contributed by atoms with Crippen LogP contribution in [-0.2, 0) is 9.53 Å². The molecule has 0 radical (unpaired) electrons. The Kier molecular flexibility index (Phi) is 6.40. The highest BCUT2D eigenvalue weighted by Crippen LogP contribution is 2.26. The van der Waals surface area contributed by atoms with Crippen LogP contribution in [0, 0.1) is 0 Å². The topological polar surface area (TPSA) is 49.9 Å². The van der Waals surface area contributed by atoms with Crippen molar-refractivity contribution in [3.05, 3.63) is 29.3 Å². The van der Waals surface area contributed by atoms with Crippen molar-refractivity contribution < 1.29 is 14.3 Å². The number of rotatable bonds is 3. The predicted molar refractivity (Wildman–Crippen MR) is 96.6 cm³/mol. The lowest BCUT2D eigenvalue weighted by Crippen LogP contribution is -2.52. The normalized spacial score (nSPS) is 15.3. The maximum absolute atomic E-state index is 12.3. The Balaban J connectivity index is 1.78. The van der Waals surface area contributed by atoms with Gasteiger partial charge in [0.25, 0.3) is 0 Å². The lowest BCUT2D eigenvalue weighted by molar-refractivity contribution is -0.130. The summed E-state index contributed by atoms with van der Waals surface area (Å²) in [7, 11) is 0. The molecule has 0 aromatic heterocycles. The Bertz CT molecular complexity index is 596. The van der Waals surface area contributed by atoms with Crippen molar-refractivity contribution in [3.8, 4) is 0 Å². The molecular formula is C17H23ClN2O3S. The fourth-order valence-corrected chi connectivity index (χ4v) is 3.40. The highest BCUT2D eigenvalue weighted by atomic mass is 35.5. The zero-order valence-corrected chi connectivity index (χ0v) is 15.8. The molecule has 5 nitrogen and oxygen atoms in total. The number of benzene rings is 1. The molecule has 0 bridgehead atoms. The van der Waals surface area contributed by atoms with Crippen LogP contribution in [0.2, 0.25) is 5.02 Å². The number of hydrogen-bond donors (Lipinski definition) is 0. The van der Waals surface area contributed by atoms with Crippen molar-refractivity contribution >= 4 is 35.4 Å². The van der Waals surface area contributed by atoms with Crippen LogP contribution in [0.25, 0.3) is 0 Å². The van der Waals surface area contributed by atoms with Gasteiger partial charge in [-0.05, 0) is 32.9 Å². The van der Waals surface area contributed by atoms with Crippen LogP contribution in [0.15, 0.2) is 29.2 Å². The van der Waals surface area contributed by atoms with Crippen LogP contribution in [-0.4, -0.2) is 59.3 Å². The molecule has 0 N–H and O–H groups in total. The third-order valence-electron chi connectivity index (χ3n) is 3.47. The molecule has 0 atom stereocenters. The summed E-state index contributed by atoms with van der Waals surface area (Å²) in [5.74, 6) is 0.402. The molecule has 1 heterocycles. The summed E-state index contributed by atoms with van der Waals surface area (Å²) in [6.07, 6.45) is -0.319. The first kappa shape index (κ1) is 18.9. The van der Waals surface area contributed by atoms with Gasteiger partial charge in [-0.25, -0.2) is 4.79 Å². The van der Waals surface area contributed by atoms with E-state index in [1.165, 1.54) is 11.8 Å². The van der Waals surface area contributed by atoms with Crippen molar-refractivity contribution in [2.75, 3.05) is 31.9 Å². The second-order valence-electron chi connectivity index (χ2n) is 6.57. The van der Waals surface area contributed by atoms with Gasteiger partial charge in [0, 0.05) is 31.1 Å². The van der Waals surface area contributed by atoms with Gasteiger partial charge in [-0.1, -0.05) is 23.7 Å². The number of halogens is 1. The molecule has 1 fully saturated rings. The van der Waals surface area contributed by atoms with Gasteiger partial charge in [-0.2, -0.15) is 0 Å². The number of hydrogen-bond acceptors (Lipinski definition) is 4. The first-order valence-corrected chi connectivity index (χ1v) is 9.25. The van der Waals surface area contributed by atoms with E-state index in [1.54, 1.807) is 9.80 Å². The van der Waals surface area contributed by atoms with Gasteiger partial charge in [0.05, 0.1) is 10.8 Å². The molecule has 1 aliphatic rings. The Morgan fingerprint density at radius 2 is 1.71 bits per heavy atom. The number of carbonyl (C=O) groups excluding carboxylic acids is 2. The third-order valence-corrected chi connectivity index (χ3v) is 4.97. The van der Waals surface area contributed by atoms with Gasteiger partial charge >= 0.3 is 6.09 Å². The van der Waals surface area contributed by atoms with E-state index in [1.807, 2.05) is 45.0 Å². The predicted octanol–water partition coefficient (Wildman–Crippen LogP) is 3.51. The van der Waals surface area contributed by atoms with Crippen LogP contribution in [0.3, 0.4) is 0 Å². The fraction of sp³-hybridized carbons (Fsp3) is 0.529. The molecule has 0 saturated carbocycles. The molecule has 7 heteroatoms. The number of nitrogens with zero attached hydrogens (tertiary/aromatic N) is 2. The van der Waals surface area contributed by atoms with Crippen molar-refractivity contribution in [3.63, 3.8) is 0 Å². The minimum atomic E-state index is -0.504. The first-order valence-electron chi connectivity index (χ1n) is 7.89. The second-order valence-corrected chi connectivity index (χ2v) is 7.99. The third kappa shape index (κ3) is 5.60. The Hall–Kier alpha value is -1.40. The summed E-state index contributed by atoms with van der Waals surface area (Å²) in [5.41, 5.74) is -0.504. The smallest absolute Gasteiger partial charge is 0.410 e. The number of piperazine rings is 1. The van der Waals surface area contributed by atoms with Gasteiger partial charge in [0.15, 0.2) is 0 Å². The Morgan fingerprint density at radius 1 is 1.12 bits per heavy atom. The van der Waals surface area contributed by atoms with Crippen LogP contribution in [0.4, 0.5) is 4.79 Å². The maximum atomic E-state index is 12.3. The molecule has 1 saturated heterocycles. The lowest BCUT2D eigenvalue weighted by Gasteiger charge is -2.35. The summed E-state index contributed by atoms with van der Waals surface area (Å²) in [5, 5.41) is 0.657. The zero-order chi connectivity index (χ0) is 17.7. The zero-order valence-electron chi connectivity index (χ0n) is 14.3. The largest absolute Gasteiger partial charge is 0.444 e. The fourth-order valence-electron chi connectivity index (χ4n) is 2.26. The van der Waals surface area contributed by atoms with Crippen molar-refractivity contribution in [2.24, 2.45) is 0 Å². The van der Waals surface area contributed by atoms with E-state index in [4.69, 9.17) is 16.3 Å². The van der Waals surface area contributed by atoms with E-state index >= 15 is 0 Å². The summed E-state index contributed by atoms with van der Waals surface area (Å²) in [6.45, 7) is 7.58. The molecule has 1 aromatic rings. The quantitative estimate of drug-likeness (QED) is 0.764. The summed E-state index contributed by atoms with van der Waals surface area (Å²) < 4.78 is 5.36. The SMILES string of the molecule is CC(C)(C)OC(=O)N1CCN(C(=O)CSc2ccccc2Cl)CC1. The van der Waals surface area contributed by atoms with Gasteiger partial charge in [0.1, 0.15) is 5.60 Å². The second kappa shape index (κ2) is 8.12. The number of amides is 2. The lowest BCUT2D eigenvalue weighted by atomic mass is 10.2. The van der Waals surface area contributed by atoms with Crippen molar-refractivity contribution in [1.29, 1.82) is 0 Å². The molecular weight excluding hydrogens is 348 g/mol. The van der Waals surface area contributed by atoms with Gasteiger partial charge < -0.3 is 14.5 Å². The summed E-state index contributed by atoms with van der Waals surface area (Å²) in [6, 6.07) is 7.48. The van der Waals surface area contributed by atoms with Crippen molar-refractivity contribution in [1.82, 2.24) is 9.80 Å². The number of carbonyl (C=O) groups is 2. The minimum Gasteiger partial charge on any atom is -0.444 e. The Morgan fingerprint density at radius 3 is 2.29 bits per heavy atom. The van der Waals surface area contributed by atoms with Crippen molar-refractivity contribution in [2.45, 2.75) is 31.3 Å². The molecule has 2 rings (SSSR count). The maximum Gasteiger partial charge on any atom is 0.410 e. The monoisotopic (exact) mass is 370 g/mol. The summed E-state index contributed by atoms with van der Waals surface area (Å²) >= 11 is 7.53. The average Bonchev–Trinajstić information content (AvgIpc) is 2.52. The van der Waals surface area contributed by atoms with Crippen LogP contribution in [0.5, 0.6) is 0 Å². The van der Waals surface area contributed by atoms with Gasteiger partial charge in [-0.15, -0.1) is 11.8 Å². The van der Waals surface area contributed by atoms with Gasteiger partial charge in [-0.3, -0.25) is 4.79 Å². The minimum absolute atomic E-state index is 0.0590. The number of thioether (sulfide) groups is 1. The van der Waals surface area contributed by atoms with Gasteiger partial charge in [0.2, 0.25) is 5.91 Å². The van der Waals surface area contributed by atoms with Crippen LogP contribution in [0.1, 0.15) is 20.8 Å². The first-order chi connectivity index (χ1) is 11.3. The molecule has 132 valence electrons. The van der Waals surface area contributed by atoms with E-state index in [0.717, 1.165) is 4.90 Å². The highest BCUT2D eigenvalue weighted by molar-refractivity contribution is 8.00.